The average Bonchev–Trinajstić information content (AvgIpc) is 2.93. The zero-order chi connectivity index (χ0) is 16.7. The summed E-state index contributed by atoms with van der Waals surface area (Å²) in [5, 5.41) is 9.37. The van der Waals surface area contributed by atoms with Gasteiger partial charge in [0.1, 0.15) is 5.82 Å². The fourth-order valence-corrected chi connectivity index (χ4v) is 3.79. The van der Waals surface area contributed by atoms with E-state index in [2.05, 4.69) is 28.6 Å². The molecule has 1 aromatic rings. The number of thioether (sulfide) groups is 1. The number of amides is 1. The van der Waals surface area contributed by atoms with Crippen LogP contribution in [0.25, 0.3) is 0 Å². The number of nitrogens with zero attached hydrogens (tertiary/aromatic N) is 4. The van der Waals surface area contributed by atoms with Crippen LogP contribution in [0.2, 0.25) is 0 Å². The molecule has 23 heavy (non-hydrogen) atoms. The van der Waals surface area contributed by atoms with Gasteiger partial charge in [0.15, 0.2) is 5.16 Å². The van der Waals surface area contributed by atoms with E-state index in [0.29, 0.717) is 18.4 Å². The fraction of sp³-hybridized carbons (Fsp3) is 0.812. The number of hydrogen-bond donors (Lipinski definition) is 0. The maximum absolute atomic E-state index is 12.5. The molecule has 6 nitrogen and oxygen atoms in total. The summed E-state index contributed by atoms with van der Waals surface area (Å²) in [6.45, 7) is 6.51. The van der Waals surface area contributed by atoms with E-state index in [0.717, 1.165) is 49.8 Å². The van der Waals surface area contributed by atoms with Crippen LogP contribution in [-0.2, 0) is 22.5 Å². The quantitative estimate of drug-likeness (QED) is 0.680. The molecule has 1 amide bonds. The van der Waals surface area contributed by atoms with Crippen LogP contribution in [0.15, 0.2) is 5.16 Å². The number of methoxy groups -OCH3 is 1. The Bertz CT molecular complexity index is 506. The molecule has 0 aliphatic carbocycles. The monoisotopic (exact) mass is 340 g/mol. The van der Waals surface area contributed by atoms with E-state index in [1.807, 2.05) is 4.90 Å². The van der Waals surface area contributed by atoms with E-state index in [4.69, 9.17) is 4.74 Å². The zero-order valence-corrected chi connectivity index (χ0v) is 15.3. The number of hydrogen-bond acceptors (Lipinski definition) is 5. The molecule has 1 aliphatic rings. The molecule has 0 unspecified atom stereocenters. The third-order valence-corrected chi connectivity index (χ3v) is 5.19. The van der Waals surface area contributed by atoms with Gasteiger partial charge in [0.05, 0.1) is 12.4 Å². The molecule has 1 saturated heterocycles. The Kier molecular flexibility index (Phi) is 7.36. The highest BCUT2D eigenvalue weighted by molar-refractivity contribution is 7.99. The lowest BCUT2D eigenvalue weighted by molar-refractivity contribution is -0.131. The lowest BCUT2D eigenvalue weighted by Gasteiger charge is -2.33. The van der Waals surface area contributed by atoms with Crippen LogP contribution in [0.5, 0.6) is 0 Å². The van der Waals surface area contributed by atoms with Crippen molar-refractivity contribution in [2.45, 2.75) is 63.7 Å². The first-order valence-electron chi connectivity index (χ1n) is 8.50. The van der Waals surface area contributed by atoms with Crippen LogP contribution in [0.3, 0.4) is 0 Å². The Morgan fingerprint density at radius 1 is 1.39 bits per heavy atom. The van der Waals surface area contributed by atoms with Gasteiger partial charge in [-0.25, -0.2) is 0 Å². The second kappa shape index (κ2) is 9.27. The SMILES string of the molecule is CCCc1nnc(SCC(=O)N2CCCC[C@H]2C)n1CCOC. The van der Waals surface area contributed by atoms with E-state index < -0.39 is 0 Å². The number of carbonyl (C=O) groups is 1. The van der Waals surface area contributed by atoms with Gasteiger partial charge < -0.3 is 14.2 Å². The molecule has 1 aliphatic heterocycles. The first-order valence-corrected chi connectivity index (χ1v) is 9.49. The van der Waals surface area contributed by atoms with Gasteiger partial charge in [-0.3, -0.25) is 4.79 Å². The maximum atomic E-state index is 12.5. The van der Waals surface area contributed by atoms with Gasteiger partial charge in [0.25, 0.3) is 0 Å². The molecule has 0 bridgehead atoms. The predicted molar refractivity (Wildman–Crippen MR) is 91.6 cm³/mol. The van der Waals surface area contributed by atoms with Crippen molar-refractivity contribution in [1.82, 2.24) is 19.7 Å². The smallest absolute Gasteiger partial charge is 0.233 e. The van der Waals surface area contributed by atoms with E-state index in [9.17, 15) is 4.79 Å². The van der Waals surface area contributed by atoms with E-state index in [1.54, 1.807) is 7.11 Å². The van der Waals surface area contributed by atoms with E-state index in [1.165, 1.54) is 18.2 Å². The van der Waals surface area contributed by atoms with Gasteiger partial charge >= 0.3 is 0 Å². The molecule has 1 fully saturated rings. The zero-order valence-electron chi connectivity index (χ0n) is 14.5. The molecular formula is C16H28N4O2S. The largest absolute Gasteiger partial charge is 0.383 e. The lowest BCUT2D eigenvalue weighted by atomic mass is 10.0. The molecule has 1 atom stereocenters. The lowest BCUT2D eigenvalue weighted by Crippen LogP contribution is -2.43. The highest BCUT2D eigenvalue weighted by atomic mass is 32.2. The molecule has 0 radical (unpaired) electrons. The first-order chi connectivity index (χ1) is 11.2. The van der Waals surface area contributed by atoms with Crippen LogP contribution in [0, 0.1) is 0 Å². The van der Waals surface area contributed by atoms with Crippen molar-refractivity contribution in [1.29, 1.82) is 0 Å². The van der Waals surface area contributed by atoms with Crippen LogP contribution in [-0.4, -0.2) is 57.6 Å². The third kappa shape index (κ3) is 4.94. The summed E-state index contributed by atoms with van der Waals surface area (Å²) in [4.78, 5) is 14.5. The first kappa shape index (κ1) is 18.3. The van der Waals surface area contributed by atoms with Crippen LogP contribution >= 0.6 is 11.8 Å². The van der Waals surface area contributed by atoms with Crippen molar-refractivity contribution >= 4 is 17.7 Å². The number of aryl methyl sites for hydroxylation is 1. The number of piperidine rings is 1. The highest BCUT2D eigenvalue weighted by Crippen LogP contribution is 2.21. The topological polar surface area (TPSA) is 60.2 Å². The van der Waals surface area contributed by atoms with Crippen molar-refractivity contribution < 1.29 is 9.53 Å². The average molecular weight is 340 g/mol. The normalized spacial score (nSPS) is 18.4. The van der Waals surface area contributed by atoms with Gasteiger partial charge in [-0.2, -0.15) is 0 Å². The molecule has 0 spiro atoms. The van der Waals surface area contributed by atoms with Crippen LogP contribution < -0.4 is 0 Å². The summed E-state index contributed by atoms with van der Waals surface area (Å²) in [5.41, 5.74) is 0. The minimum atomic E-state index is 0.209. The number of likely N-dealkylation sites (tertiary alicyclic amines) is 1. The highest BCUT2D eigenvalue weighted by Gasteiger charge is 2.23. The Hall–Kier alpha value is -1.08. The van der Waals surface area contributed by atoms with Crippen molar-refractivity contribution in [3.63, 3.8) is 0 Å². The van der Waals surface area contributed by atoms with E-state index in [-0.39, 0.29) is 5.91 Å². The third-order valence-electron chi connectivity index (χ3n) is 4.23. The number of carbonyl (C=O) groups excluding carboxylic acids is 1. The molecule has 0 aromatic carbocycles. The Balaban J connectivity index is 1.97. The van der Waals surface area contributed by atoms with Crippen molar-refractivity contribution in [3.05, 3.63) is 5.82 Å². The number of ether oxygens (including phenoxy) is 1. The summed E-state index contributed by atoms with van der Waals surface area (Å²) in [5.74, 6) is 1.62. The summed E-state index contributed by atoms with van der Waals surface area (Å²) < 4.78 is 7.27. The van der Waals surface area contributed by atoms with E-state index >= 15 is 0 Å². The second-order valence-corrected chi connectivity index (χ2v) is 6.96. The number of rotatable bonds is 8. The Morgan fingerprint density at radius 2 is 2.22 bits per heavy atom. The Morgan fingerprint density at radius 3 is 2.91 bits per heavy atom. The standard InChI is InChI=1S/C16H28N4O2S/c1-4-7-14-17-18-16(20(14)10-11-22-3)23-12-15(21)19-9-6-5-8-13(19)2/h13H,4-12H2,1-3H3/t13-/m1/s1. The van der Waals surface area contributed by atoms with Gasteiger partial charge in [0, 0.05) is 32.7 Å². The van der Waals surface area contributed by atoms with Crippen molar-refractivity contribution in [3.8, 4) is 0 Å². The Labute approximate surface area is 143 Å². The summed E-state index contributed by atoms with van der Waals surface area (Å²) in [6, 6.07) is 0.360. The molecule has 1 aromatic heterocycles. The summed E-state index contributed by atoms with van der Waals surface area (Å²) in [7, 11) is 1.69. The molecule has 130 valence electrons. The second-order valence-electron chi connectivity index (χ2n) is 6.01. The molecule has 0 N–H and O–H groups in total. The van der Waals surface area contributed by atoms with Crippen molar-refractivity contribution in [2.24, 2.45) is 0 Å². The molecule has 7 heteroatoms. The van der Waals surface area contributed by atoms with Gasteiger partial charge in [-0.05, 0) is 32.6 Å². The number of aromatic nitrogens is 3. The summed E-state index contributed by atoms with van der Waals surface area (Å²) in [6.07, 6.45) is 5.38. The van der Waals surface area contributed by atoms with Crippen LogP contribution in [0.1, 0.15) is 45.4 Å². The fourth-order valence-electron chi connectivity index (χ4n) is 2.92. The molecule has 2 rings (SSSR count). The predicted octanol–water partition coefficient (Wildman–Crippen LogP) is 2.37. The van der Waals surface area contributed by atoms with Crippen LogP contribution in [0.4, 0.5) is 0 Å². The minimum absolute atomic E-state index is 0.209. The molecule has 0 saturated carbocycles. The molecule has 2 heterocycles. The van der Waals surface area contributed by atoms with Crippen molar-refractivity contribution in [2.75, 3.05) is 26.0 Å². The van der Waals surface area contributed by atoms with Gasteiger partial charge in [-0.1, -0.05) is 18.7 Å². The maximum Gasteiger partial charge on any atom is 0.233 e. The van der Waals surface area contributed by atoms with Gasteiger partial charge in [-0.15, -0.1) is 10.2 Å². The van der Waals surface area contributed by atoms with Gasteiger partial charge in [0.2, 0.25) is 5.91 Å². The molecular weight excluding hydrogens is 312 g/mol. The summed E-state index contributed by atoms with van der Waals surface area (Å²) >= 11 is 1.49. The minimum Gasteiger partial charge on any atom is -0.383 e.